The van der Waals surface area contributed by atoms with Gasteiger partial charge in [-0.25, -0.2) is 8.42 Å². The summed E-state index contributed by atoms with van der Waals surface area (Å²) in [6.45, 7) is 1.25. The van der Waals surface area contributed by atoms with Gasteiger partial charge in [-0.05, 0) is 19.1 Å². The van der Waals surface area contributed by atoms with Crippen LogP contribution < -0.4 is 14.2 Å². The Bertz CT molecular complexity index is 971. The first kappa shape index (κ1) is 19.2. The number of ketones is 1. The van der Waals surface area contributed by atoms with Crippen LogP contribution in [0.4, 0.5) is 11.4 Å². The highest BCUT2D eigenvalue weighted by atomic mass is 32.2. The van der Waals surface area contributed by atoms with Gasteiger partial charge in [0.15, 0.2) is 22.2 Å². The molecule has 138 valence electrons. The van der Waals surface area contributed by atoms with Crippen LogP contribution in [0, 0.1) is 10.1 Å². The Hall–Kier alpha value is -3.14. The van der Waals surface area contributed by atoms with Crippen LogP contribution in [0.2, 0.25) is 0 Å². The van der Waals surface area contributed by atoms with Crippen molar-refractivity contribution in [2.75, 3.05) is 18.9 Å². The zero-order valence-electron chi connectivity index (χ0n) is 14.2. The smallest absolute Gasteiger partial charge is 0.289 e. The molecule has 9 nitrogen and oxygen atoms in total. The predicted molar refractivity (Wildman–Crippen MR) is 93.5 cm³/mol. The Kier molecular flexibility index (Phi) is 5.46. The van der Waals surface area contributed by atoms with E-state index in [0.717, 1.165) is 12.1 Å². The van der Waals surface area contributed by atoms with Crippen molar-refractivity contribution < 1.29 is 27.6 Å². The number of rotatable bonds is 7. The minimum Gasteiger partial charge on any atom is -0.493 e. The van der Waals surface area contributed by atoms with Crippen molar-refractivity contribution in [2.45, 2.75) is 11.8 Å². The van der Waals surface area contributed by atoms with Crippen LogP contribution in [0.25, 0.3) is 0 Å². The molecule has 2 rings (SSSR count). The van der Waals surface area contributed by atoms with E-state index in [1.54, 1.807) is 0 Å². The maximum Gasteiger partial charge on any atom is 0.289 e. The van der Waals surface area contributed by atoms with Crippen LogP contribution in [0.3, 0.4) is 0 Å². The molecule has 1 N–H and O–H groups in total. The fourth-order valence-electron chi connectivity index (χ4n) is 2.29. The summed E-state index contributed by atoms with van der Waals surface area (Å²) in [6.07, 6.45) is 0. The second-order valence-electron chi connectivity index (χ2n) is 5.14. The number of benzene rings is 2. The first-order valence-electron chi connectivity index (χ1n) is 7.24. The average molecular weight is 380 g/mol. The third-order valence-corrected chi connectivity index (χ3v) is 4.91. The molecule has 0 radical (unpaired) electrons. The number of sulfonamides is 1. The van der Waals surface area contributed by atoms with E-state index in [1.807, 2.05) is 0 Å². The molecule has 26 heavy (non-hydrogen) atoms. The molecule has 2 aromatic rings. The third-order valence-electron chi connectivity index (χ3n) is 3.50. The van der Waals surface area contributed by atoms with Crippen LogP contribution in [0.5, 0.6) is 11.5 Å². The molecular formula is C16H16N2O7S. The van der Waals surface area contributed by atoms with Gasteiger partial charge in [0.2, 0.25) is 0 Å². The quantitative estimate of drug-likeness (QED) is 0.444. The first-order chi connectivity index (χ1) is 12.2. The van der Waals surface area contributed by atoms with Crippen molar-refractivity contribution in [1.82, 2.24) is 0 Å². The number of ether oxygens (including phenoxy) is 2. The van der Waals surface area contributed by atoms with Crippen molar-refractivity contribution in [2.24, 2.45) is 0 Å². The second-order valence-corrected chi connectivity index (χ2v) is 6.79. The van der Waals surface area contributed by atoms with Crippen molar-refractivity contribution >= 4 is 27.2 Å². The highest BCUT2D eigenvalue weighted by molar-refractivity contribution is 7.92. The Morgan fingerprint density at radius 2 is 1.69 bits per heavy atom. The molecule has 0 amide bonds. The number of para-hydroxylation sites is 1. The number of Topliss-reactive ketones (excluding diaryl/α,β-unsaturated/α-hetero) is 1. The molecule has 0 aliphatic rings. The first-order valence-corrected chi connectivity index (χ1v) is 8.72. The van der Waals surface area contributed by atoms with Gasteiger partial charge in [-0.3, -0.25) is 19.6 Å². The fourth-order valence-corrected chi connectivity index (χ4v) is 3.53. The van der Waals surface area contributed by atoms with Gasteiger partial charge in [0, 0.05) is 17.7 Å². The zero-order valence-corrected chi connectivity index (χ0v) is 15.0. The number of hydrogen-bond acceptors (Lipinski definition) is 7. The summed E-state index contributed by atoms with van der Waals surface area (Å²) >= 11 is 0. The van der Waals surface area contributed by atoms with Gasteiger partial charge < -0.3 is 9.47 Å². The molecule has 0 aromatic heterocycles. The Morgan fingerprint density at radius 3 is 2.23 bits per heavy atom. The van der Waals surface area contributed by atoms with E-state index in [4.69, 9.17) is 9.47 Å². The molecule has 0 aliphatic heterocycles. The Balaban J connectivity index is 2.60. The van der Waals surface area contributed by atoms with Crippen molar-refractivity contribution in [3.05, 3.63) is 52.1 Å². The number of nitro benzene ring substituents is 1. The van der Waals surface area contributed by atoms with E-state index in [0.29, 0.717) is 0 Å². The molecule has 2 aromatic carbocycles. The minimum atomic E-state index is -4.33. The van der Waals surface area contributed by atoms with Crippen molar-refractivity contribution in [3.8, 4) is 11.5 Å². The fraction of sp³-hybridized carbons (Fsp3) is 0.188. The zero-order chi connectivity index (χ0) is 19.5. The molecule has 10 heteroatoms. The summed E-state index contributed by atoms with van der Waals surface area (Å²) in [5.41, 5.74) is -0.622. The maximum absolute atomic E-state index is 12.7. The number of methoxy groups -OCH3 is 2. The van der Waals surface area contributed by atoms with E-state index < -0.39 is 31.3 Å². The number of carbonyl (C=O) groups is 1. The summed E-state index contributed by atoms with van der Waals surface area (Å²) in [4.78, 5) is 21.7. The minimum absolute atomic E-state index is 0.0322. The number of nitro groups is 1. The summed E-state index contributed by atoms with van der Waals surface area (Å²) in [6, 6.07) is 7.51. The number of carbonyl (C=O) groups excluding carboxylic acids is 1. The highest BCUT2D eigenvalue weighted by Gasteiger charge is 2.27. The molecule has 0 spiro atoms. The lowest BCUT2D eigenvalue weighted by Crippen LogP contribution is -2.17. The van der Waals surface area contributed by atoms with Gasteiger partial charge in [0.25, 0.3) is 15.7 Å². The van der Waals surface area contributed by atoms with Crippen LogP contribution in [-0.2, 0) is 10.0 Å². The third kappa shape index (κ3) is 3.75. The van der Waals surface area contributed by atoms with Gasteiger partial charge in [0.05, 0.1) is 24.8 Å². The van der Waals surface area contributed by atoms with E-state index >= 15 is 0 Å². The summed E-state index contributed by atoms with van der Waals surface area (Å²) in [5.74, 6) is 0.00955. The number of anilines is 1. The van der Waals surface area contributed by atoms with Gasteiger partial charge in [-0.1, -0.05) is 12.1 Å². The standard InChI is InChI=1S/C16H16N2O7S/c1-10(19)11-8-14(24-2)15(25-3)9-12(11)17-26(22,23)16-7-5-4-6-13(16)18(20)21/h4-9,17H,1-3H3. The number of nitrogens with zero attached hydrogens (tertiary/aromatic N) is 1. The van der Waals surface area contributed by atoms with Crippen LogP contribution in [0.1, 0.15) is 17.3 Å². The Morgan fingerprint density at radius 1 is 1.12 bits per heavy atom. The number of hydrogen-bond donors (Lipinski definition) is 1. The van der Waals surface area contributed by atoms with E-state index in [1.165, 1.54) is 45.4 Å². The lowest BCUT2D eigenvalue weighted by atomic mass is 10.1. The lowest BCUT2D eigenvalue weighted by Gasteiger charge is -2.15. The summed E-state index contributed by atoms with van der Waals surface area (Å²) in [5, 5.41) is 11.1. The van der Waals surface area contributed by atoms with E-state index in [-0.39, 0.29) is 22.7 Å². The molecule has 0 heterocycles. The highest BCUT2D eigenvalue weighted by Crippen LogP contribution is 2.35. The lowest BCUT2D eigenvalue weighted by molar-refractivity contribution is -0.387. The largest absolute Gasteiger partial charge is 0.493 e. The topological polar surface area (TPSA) is 125 Å². The van der Waals surface area contributed by atoms with Gasteiger partial charge in [-0.15, -0.1) is 0 Å². The van der Waals surface area contributed by atoms with E-state index in [2.05, 4.69) is 4.72 Å². The SMILES string of the molecule is COc1cc(NS(=O)(=O)c2ccccc2[N+](=O)[O-])c(C(C)=O)cc1OC. The van der Waals surface area contributed by atoms with Crippen LogP contribution >= 0.6 is 0 Å². The number of nitrogens with one attached hydrogen (secondary N) is 1. The van der Waals surface area contributed by atoms with E-state index in [9.17, 15) is 23.3 Å². The van der Waals surface area contributed by atoms with Gasteiger partial charge in [0.1, 0.15) is 0 Å². The molecule has 0 unspecified atom stereocenters. The van der Waals surface area contributed by atoms with Crippen LogP contribution in [0.15, 0.2) is 41.3 Å². The molecule has 0 aliphatic carbocycles. The molecule has 0 bridgehead atoms. The normalized spacial score (nSPS) is 10.9. The van der Waals surface area contributed by atoms with Gasteiger partial charge >= 0.3 is 0 Å². The van der Waals surface area contributed by atoms with Crippen molar-refractivity contribution in [3.63, 3.8) is 0 Å². The molecule has 0 fully saturated rings. The molecule has 0 saturated carbocycles. The maximum atomic E-state index is 12.7. The predicted octanol–water partition coefficient (Wildman–Crippen LogP) is 2.62. The molecule has 0 saturated heterocycles. The van der Waals surface area contributed by atoms with Crippen LogP contribution in [-0.4, -0.2) is 33.3 Å². The molecule has 0 atom stereocenters. The molecular weight excluding hydrogens is 364 g/mol. The monoisotopic (exact) mass is 380 g/mol. The van der Waals surface area contributed by atoms with Crippen molar-refractivity contribution in [1.29, 1.82) is 0 Å². The summed E-state index contributed by atoms with van der Waals surface area (Å²) in [7, 11) is -1.60. The second kappa shape index (κ2) is 7.40. The summed E-state index contributed by atoms with van der Waals surface area (Å²) < 4.78 is 37.7. The van der Waals surface area contributed by atoms with Gasteiger partial charge in [-0.2, -0.15) is 0 Å². The Labute approximate surface area is 149 Å². The average Bonchev–Trinajstić information content (AvgIpc) is 2.60.